The van der Waals surface area contributed by atoms with E-state index in [-0.39, 0.29) is 17.3 Å². The quantitative estimate of drug-likeness (QED) is 0.556. The number of hydrogen-bond donors (Lipinski definition) is 0. The maximum atomic E-state index is 13.3. The van der Waals surface area contributed by atoms with Gasteiger partial charge >= 0.3 is 0 Å². The summed E-state index contributed by atoms with van der Waals surface area (Å²) in [7, 11) is -3.53. The topological polar surface area (TPSA) is 76.6 Å². The van der Waals surface area contributed by atoms with E-state index in [2.05, 4.69) is 4.98 Å². The van der Waals surface area contributed by atoms with Crippen LogP contribution in [-0.4, -0.2) is 38.3 Å². The van der Waals surface area contributed by atoms with Gasteiger partial charge in [0.2, 0.25) is 0 Å². The van der Waals surface area contributed by atoms with Gasteiger partial charge < -0.3 is 9.64 Å². The molecule has 0 bridgehead atoms. The van der Waals surface area contributed by atoms with Gasteiger partial charge in [0.15, 0.2) is 9.84 Å². The number of nitrogens with zero attached hydrogens (tertiary/aromatic N) is 2. The van der Waals surface area contributed by atoms with Gasteiger partial charge in [0.25, 0.3) is 5.91 Å². The molecule has 1 aromatic heterocycles. The lowest BCUT2D eigenvalue weighted by Gasteiger charge is -2.27. The number of halogens is 1. The Morgan fingerprint density at radius 1 is 1.20 bits per heavy atom. The summed E-state index contributed by atoms with van der Waals surface area (Å²) in [6.07, 6.45) is 1.98. The summed E-state index contributed by atoms with van der Waals surface area (Å²) in [5.41, 5.74) is 1.87. The molecule has 1 fully saturated rings. The summed E-state index contributed by atoms with van der Waals surface area (Å²) >= 11 is 6.02. The molecule has 1 unspecified atom stereocenters. The first-order chi connectivity index (χ1) is 14.3. The van der Waals surface area contributed by atoms with E-state index in [1.807, 2.05) is 24.3 Å². The molecule has 0 saturated carbocycles. The molecule has 1 saturated heterocycles. The maximum absolute atomic E-state index is 13.3. The SMILES string of the molecule is CS(=O)(=O)c1ccccc1N(Cc1ccc2ccc(Cl)nc2c1)C(=O)C1CCCO1. The summed E-state index contributed by atoms with van der Waals surface area (Å²) in [6.45, 7) is 0.714. The molecule has 8 heteroatoms. The monoisotopic (exact) mass is 444 g/mol. The van der Waals surface area contributed by atoms with Crippen molar-refractivity contribution in [3.63, 3.8) is 0 Å². The van der Waals surface area contributed by atoms with Crippen LogP contribution >= 0.6 is 11.6 Å². The van der Waals surface area contributed by atoms with Crippen molar-refractivity contribution in [1.82, 2.24) is 4.98 Å². The third-order valence-electron chi connectivity index (χ3n) is 5.09. The molecule has 156 valence electrons. The number of carbonyl (C=O) groups is 1. The molecule has 3 aromatic rings. The maximum Gasteiger partial charge on any atom is 0.256 e. The Kier molecular flexibility index (Phi) is 5.77. The number of pyridine rings is 1. The number of para-hydroxylation sites is 1. The van der Waals surface area contributed by atoms with Crippen molar-refractivity contribution < 1.29 is 17.9 Å². The Hall–Kier alpha value is -2.48. The molecule has 2 aromatic carbocycles. The highest BCUT2D eigenvalue weighted by atomic mass is 35.5. The number of carbonyl (C=O) groups excluding carboxylic acids is 1. The fourth-order valence-electron chi connectivity index (χ4n) is 3.64. The smallest absolute Gasteiger partial charge is 0.256 e. The lowest BCUT2D eigenvalue weighted by Crippen LogP contribution is -2.39. The van der Waals surface area contributed by atoms with E-state index < -0.39 is 15.9 Å². The third kappa shape index (κ3) is 4.33. The zero-order valence-corrected chi connectivity index (χ0v) is 18.0. The lowest BCUT2D eigenvalue weighted by molar-refractivity contribution is -0.127. The predicted molar refractivity (Wildman–Crippen MR) is 116 cm³/mol. The van der Waals surface area contributed by atoms with Crippen LogP contribution in [-0.2, 0) is 25.9 Å². The van der Waals surface area contributed by atoms with E-state index in [1.54, 1.807) is 24.3 Å². The summed E-state index contributed by atoms with van der Waals surface area (Å²) in [4.78, 5) is 19.3. The Labute approximate surface area is 180 Å². The molecule has 0 spiro atoms. The molecule has 0 radical (unpaired) electrons. The van der Waals surface area contributed by atoms with E-state index in [9.17, 15) is 13.2 Å². The average molecular weight is 445 g/mol. The van der Waals surface area contributed by atoms with Crippen molar-refractivity contribution >= 4 is 43.9 Å². The highest BCUT2D eigenvalue weighted by Crippen LogP contribution is 2.29. The van der Waals surface area contributed by atoms with Gasteiger partial charge in [-0.05, 0) is 48.7 Å². The number of sulfone groups is 1. The number of benzene rings is 2. The average Bonchev–Trinajstić information content (AvgIpc) is 3.25. The predicted octanol–water partition coefficient (Wildman–Crippen LogP) is 4.00. The van der Waals surface area contributed by atoms with Crippen LogP contribution < -0.4 is 4.90 Å². The first kappa shape index (κ1) is 20.8. The molecule has 1 atom stereocenters. The van der Waals surface area contributed by atoms with E-state index in [4.69, 9.17) is 16.3 Å². The van der Waals surface area contributed by atoms with Crippen molar-refractivity contribution in [2.45, 2.75) is 30.4 Å². The number of rotatable bonds is 5. The van der Waals surface area contributed by atoms with Crippen LogP contribution in [0.5, 0.6) is 0 Å². The van der Waals surface area contributed by atoms with Crippen LogP contribution in [0.4, 0.5) is 5.69 Å². The van der Waals surface area contributed by atoms with Crippen molar-refractivity contribution in [3.8, 4) is 0 Å². The van der Waals surface area contributed by atoms with Crippen molar-refractivity contribution in [3.05, 3.63) is 65.3 Å². The minimum absolute atomic E-state index is 0.110. The molecule has 6 nitrogen and oxygen atoms in total. The van der Waals surface area contributed by atoms with E-state index in [0.717, 1.165) is 23.6 Å². The van der Waals surface area contributed by atoms with Crippen LogP contribution in [0.1, 0.15) is 18.4 Å². The van der Waals surface area contributed by atoms with Gasteiger partial charge in [-0.2, -0.15) is 0 Å². The van der Waals surface area contributed by atoms with Crippen molar-refractivity contribution in [2.24, 2.45) is 0 Å². The molecule has 0 N–H and O–H groups in total. The molecular weight excluding hydrogens is 424 g/mol. The number of anilines is 1. The Balaban J connectivity index is 1.78. The Bertz CT molecular complexity index is 1210. The molecule has 0 aliphatic carbocycles. The van der Waals surface area contributed by atoms with Gasteiger partial charge in [0, 0.05) is 18.2 Å². The molecule has 1 aliphatic heterocycles. The Morgan fingerprint density at radius 3 is 2.70 bits per heavy atom. The molecule has 4 rings (SSSR count). The van der Waals surface area contributed by atoms with Crippen LogP contribution in [0.15, 0.2) is 59.5 Å². The second-order valence-electron chi connectivity index (χ2n) is 7.33. The minimum atomic E-state index is -3.53. The highest BCUT2D eigenvalue weighted by Gasteiger charge is 2.31. The van der Waals surface area contributed by atoms with Crippen LogP contribution in [0.2, 0.25) is 5.15 Å². The van der Waals surface area contributed by atoms with Gasteiger partial charge in [-0.3, -0.25) is 4.79 Å². The number of aromatic nitrogens is 1. The van der Waals surface area contributed by atoms with Crippen LogP contribution in [0.3, 0.4) is 0 Å². The zero-order chi connectivity index (χ0) is 21.3. The van der Waals surface area contributed by atoms with Gasteiger partial charge in [0.05, 0.1) is 22.6 Å². The Morgan fingerprint density at radius 2 is 1.97 bits per heavy atom. The standard InChI is InChI=1S/C22H21ClN2O4S/c1-30(27,28)20-7-3-2-5-18(20)25(22(26)19-6-4-12-29-19)14-15-8-9-16-10-11-21(23)24-17(16)13-15/h2-3,5,7-11,13,19H,4,6,12,14H2,1H3. The summed E-state index contributed by atoms with van der Waals surface area (Å²) in [6, 6.07) is 15.8. The third-order valence-corrected chi connectivity index (χ3v) is 6.44. The van der Waals surface area contributed by atoms with E-state index >= 15 is 0 Å². The fourth-order valence-corrected chi connectivity index (χ4v) is 4.68. The number of amides is 1. The normalized spacial score (nSPS) is 16.7. The summed E-state index contributed by atoms with van der Waals surface area (Å²) in [5, 5.41) is 1.31. The van der Waals surface area contributed by atoms with Crippen LogP contribution in [0, 0.1) is 0 Å². The van der Waals surface area contributed by atoms with Crippen molar-refractivity contribution in [1.29, 1.82) is 0 Å². The second kappa shape index (κ2) is 8.34. The summed E-state index contributed by atoms with van der Waals surface area (Å²) < 4.78 is 30.3. The minimum Gasteiger partial charge on any atom is -0.368 e. The fraction of sp³-hybridized carbons (Fsp3) is 0.273. The van der Waals surface area contributed by atoms with Gasteiger partial charge in [-0.15, -0.1) is 0 Å². The van der Waals surface area contributed by atoms with Gasteiger partial charge in [0.1, 0.15) is 11.3 Å². The van der Waals surface area contributed by atoms with E-state index in [0.29, 0.717) is 29.4 Å². The zero-order valence-electron chi connectivity index (χ0n) is 16.4. The molecular formula is C22H21ClN2O4S. The van der Waals surface area contributed by atoms with Gasteiger partial charge in [-0.1, -0.05) is 35.9 Å². The molecule has 2 heterocycles. The molecule has 30 heavy (non-hydrogen) atoms. The van der Waals surface area contributed by atoms with Gasteiger partial charge in [-0.25, -0.2) is 13.4 Å². The largest absolute Gasteiger partial charge is 0.368 e. The number of hydrogen-bond acceptors (Lipinski definition) is 5. The second-order valence-corrected chi connectivity index (χ2v) is 9.70. The number of fused-ring (bicyclic) bond motifs is 1. The summed E-state index contributed by atoms with van der Waals surface area (Å²) in [5.74, 6) is -0.247. The molecule has 1 aliphatic rings. The van der Waals surface area contributed by atoms with Crippen LogP contribution in [0.25, 0.3) is 10.9 Å². The van der Waals surface area contributed by atoms with E-state index in [1.165, 1.54) is 11.0 Å². The van der Waals surface area contributed by atoms with Crippen molar-refractivity contribution in [2.75, 3.05) is 17.8 Å². The number of ether oxygens (including phenoxy) is 1. The first-order valence-electron chi connectivity index (χ1n) is 9.60. The first-order valence-corrected chi connectivity index (χ1v) is 11.9. The lowest BCUT2D eigenvalue weighted by atomic mass is 10.1. The molecule has 1 amide bonds. The highest BCUT2D eigenvalue weighted by molar-refractivity contribution is 7.90.